The molecule has 5 rings (SSSR count). The van der Waals surface area contributed by atoms with Crippen molar-refractivity contribution in [1.29, 1.82) is 0 Å². The minimum absolute atomic E-state index is 0.0872. The topological polar surface area (TPSA) is 150 Å². The first-order valence-electron chi connectivity index (χ1n) is 12.5. The van der Waals surface area contributed by atoms with Crippen LogP contribution in [0.4, 0.5) is 10.6 Å². The van der Waals surface area contributed by atoms with Gasteiger partial charge < -0.3 is 31.4 Å². The molecular weight excluding hydrogens is 478 g/mol. The molecule has 2 aliphatic rings. The van der Waals surface area contributed by atoms with Crippen LogP contribution in [0.15, 0.2) is 24.3 Å². The number of carbonyl (C=O) groups is 2. The van der Waals surface area contributed by atoms with E-state index in [9.17, 15) is 9.59 Å². The number of pyridine rings is 1. The zero-order valence-electron chi connectivity index (χ0n) is 20.4. The third-order valence-corrected chi connectivity index (χ3v) is 8.80. The molecule has 0 bridgehead atoms. The minimum atomic E-state index is -0.282. The predicted octanol–water partition coefficient (Wildman–Crippen LogP) is 2.53. The average molecular weight is 512 g/mol. The minimum Gasteiger partial charge on any atom is -0.382 e. The predicted molar refractivity (Wildman–Crippen MR) is 141 cm³/mol. The Kier molecular flexibility index (Phi) is 7.20. The third kappa shape index (κ3) is 4.81. The quantitative estimate of drug-likeness (QED) is 0.289. The maximum atomic E-state index is 12.0. The molecule has 4 atom stereocenters. The van der Waals surface area contributed by atoms with Gasteiger partial charge >= 0.3 is 6.03 Å². The molecule has 1 aromatic carbocycles. The summed E-state index contributed by atoms with van der Waals surface area (Å²) in [6.07, 6.45) is 2.81. The van der Waals surface area contributed by atoms with Crippen LogP contribution in [0.5, 0.6) is 0 Å². The molecule has 3 amide bonds. The summed E-state index contributed by atoms with van der Waals surface area (Å²) in [6.45, 7) is 3.64. The van der Waals surface area contributed by atoms with E-state index in [1.807, 2.05) is 43.0 Å². The maximum Gasteiger partial charge on any atom is 0.315 e. The van der Waals surface area contributed by atoms with E-state index in [1.54, 1.807) is 0 Å². The number of nitrogens with one attached hydrogen (secondary N) is 2. The van der Waals surface area contributed by atoms with Gasteiger partial charge in [-0.1, -0.05) is 18.2 Å². The number of nitrogens with two attached hydrogens (primary N) is 2. The summed E-state index contributed by atoms with van der Waals surface area (Å²) in [5.74, 6) is 2.12. The number of ether oxygens (including phenoxy) is 1. The van der Waals surface area contributed by atoms with Crippen molar-refractivity contribution in [3.05, 3.63) is 30.1 Å². The molecule has 2 aliphatic heterocycles. The number of fused-ring (bicyclic) bond motifs is 4. The summed E-state index contributed by atoms with van der Waals surface area (Å²) < 4.78 is 7.97. The standard InChI is InChI=1S/C25H33N7O3S/c1-2-35-12-19-30-21-22(15-7-3-4-8-16(15)28-24(21)27)32(19)11-10-14(6-5-9-18(26)33)23-20-17(13-36-23)29-25(34)31-20/h3-4,7-8,14,17,20,23H,2,5-6,9-13H2,1H3,(H2,26,33)(H2,27,28)(H2,29,31,34). The fourth-order valence-electron chi connectivity index (χ4n) is 5.51. The number of benzene rings is 1. The second kappa shape index (κ2) is 10.5. The Hall–Kier alpha value is -3.05. The van der Waals surface area contributed by atoms with E-state index in [0.717, 1.165) is 47.3 Å². The van der Waals surface area contributed by atoms with Crippen molar-refractivity contribution in [1.82, 2.24) is 25.2 Å². The van der Waals surface area contributed by atoms with E-state index in [1.165, 1.54) is 0 Å². The van der Waals surface area contributed by atoms with Gasteiger partial charge in [-0.05, 0) is 38.2 Å². The fraction of sp³-hybridized carbons (Fsp3) is 0.520. The number of amides is 3. The van der Waals surface area contributed by atoms with Crippen LogP contribution >= 0.6 is 11.8 Å². The van der Waals surface area contributed by atoms with Crippen LogP contribution in [0.1, 0.15) is 38.4 Å². The smallest absolute Gasteiger partial charge is 0.315 e. The number of rotatable bonds is 11. The van der Waals surface area contributed by atoms with Gasteiger partial charge in [0.05, 0.1) is 23.1 Å². The van der Waals surface area contributed by atoms with Crippen molar-refractivity contribution in [3.63, 3.8) is 0 Å². The summed E-state index contributed by atoms with van der Waals surface area (Å²) >= 11 is 1.89. The highest BCUT2D eigenvalue weighted by Gasteiger charge is 2.45. The third-order valence-electron chi connectivity index (χ3n) is 7.18. The highest BCUT2D eigenvalue weighted by molar-refractivity contribution is 8.00. The number of hydrogen-bond acceptors (Lipinski definition) is 7. The molecule has 0 aliphatic carbocycles. The van der Waals surface area contributed by atoms with Gasteiger partial charge in [0.15, 0.2) is 5.82 Å². The van der Waals surface area contributed by atoms with Crippen LogP contribution in [-0.4, -0.2) is 56.2 Å². The van der Waals surface area contributed by atoms with E-state index < -0.39 is 0 Å². The Morgan fingerprint density at radius 1 is 1.28 bits per heavy atom. The highest BCUT2D eigenvalue weighted by atomic mass is 32.2. The lowest BCUT2D eigenvalue weighted by Crippen LogP contribution is -2.41. The van der Waals surface area contributed by atoms with E-state index in [0.29, 0.717) is 37.5 Å². The molecule has 4 heterocycles. The van der Waals surface area contributed by atoms with Crippen LogP contribution in [0, 0.1) is 5.92 Å². The monoisotopic (exact) mass is 511 g/mol. The Balaban J connectivity index is 1.47. The SMILES string of the molecule is CCOCc1nc2c(N)nc3ccccc3c2n1CCC(CCCC(N)=O)C1SCC2NC(=O)NC21. The van der Waals surface area contributed by atoms with Gasteiger partial charge in [0.1, 0.15) is 17.9 Å². The first kappa shape index (κ1) is 24.6. The molecular formula is C25H33N7O3S. The summed E-state index contributed by atoms with van der Waals surface area (Å²) in [7, 11) is 0. The Labute approximate surface area is 213 Å². The number of imidazole rings is 1. The molecule has 3 aromatic rings. The number of nitrogens with zero attached hydrogens (tertiary/aromatic N) is 3. The zero-order chi connectivity index (χ0) is 25.2. The largest absolute Gasteiger partial charge is 0.382 e. The van der Waals surface area contributed by atoms with Gasteiger partial charge in [0, 0.05) is 36.0 Å². The second-order valence-electron chi connectivity index (χ2n) is 9.48. The summed E-state index contributed by atoms with van der Waals surface area (Å²) in [4.78, 5) is 32.8. The number of urea groups is 1. The molecule has 2 fully saturated rings. The van der Waals surface area contributed by atoms with E-state index in [2.05, 4.69) is 20.2 Å². The normalized spacial score (nSPS) is 22.0. The van der Waals surface area contributed by atoms with E-state index >= 15 is 0 Å². The lowest BCUT2D eigenvalue weighted by molar-refractivity contribution is -0.118. The van der Waals surface area contributed by atoms with Crippen LogP contribution < -0.4 is 22.1 Å². The van der Waals surface area contributed by atoms with Crippen LogP contribution in [0.3, 0.4) is 0 Å². The number of nitrogen functional groups attached to an aromatic ring is 1. The summed E-state index contributed by atoms with van der Waals surface area (Å²) in [5, 5.41) is 7.41. The molecule has 0 spiro atoms. The van der Waals surface area contributed by atoms with Crippen LogP contribution in [0.25, 0.3) is 21.9 Å². The number of primary amides is 1. The summed E-state index contributed by atoms with van der Waals surface area (Å²) in [5.41, 5.74) is 14.3. The van der Waals surface area contributed by atoms with Crippen molar-refractivity contribution < 1.29 is 14.3 Å². The summed E-state index contributed by atoms with van der Waals surface area (Å²) in [6, 6.07) is 8.09. The van der Waals surface area contributed by atoms with Gasteiger partial charge in [-0.2, -0.15) is 11.8 Å². The lowest BCUT2D eigenvalue weighted by Gasteiger charge is -2.27. The second-order valence-corrected chi connectivity index (χ2v) is 10.7. The van der Waals surface area contributed by atoms with Gasteiger partial charge in [0.2, 0.25) is 5.91 Å². The van der Waals surface area contributed by atoms with Crippen molar-refractivity contribution in [2.24, 2.45) is 11.7 Å². The number of hydrogen-bond donors (Lipinski definition) is 4. The van der Waals surface area contributed by atoms with E-state index in [-0.39, 0.29) is 35.2 Å². The number of aryl methyl sites for hydroxylation is 1. The number of anilines is 1. The molecule has 11 heteroatoms. The Morgan fingerprint density at radius 2 is 2.11 bits per heavy atom. The number of para-hydroxylation sites is 1. The van der Waals surface area contributed by atoms with Gasteiger partial charge in [0.25, 0.3) is 0 Å². The molecule has 0 radical (unpaired) electrons. The molecule has 6 N–H and O–H groups in total. The number of thioether (sulfide) groups is 1. The Morgan fingerprint density at radius 3 is 2.92 bits per heavy atom. The first-order chi connectivity index (χ1) is 17.5. The van der Waals surface area contributed by atoms with E-state index in [4.69, 9.17) is 21.2 Å². The average Bonchev–Trinajstić information content (AvgIpc) is 3.52. The lowest BCUT2D eigenvalue weighted by atomic mass is 9.89. The van der Waals surface area contributed by atoms with Gasteiger partial charge in [-0.25, -0.2) is 14.8 Å². The molecule has 2 saturated heterocycles. The maximum absolute atomic E-state index is 12.0. The molecule has 36 heavy (non-hydrogen) atoms. The van der Waals surface area contributed by atoms with Gasteiger partial charge in [-0.3, -0.25) is 4.79 Å². The zero-order valence-corrected chi connectivity index (χ0v) is 21.2. The van der Waals surface area contributed by atoms with Crippen molar-refractivity contribution >= 4 is 51.5 Å². The first-order valence-corrected chi connectivity index (χ1v) is 13.6. The Bertz CT molecular complexity index is 1280. The number of carbonyl (C=O) groups excluding carboxylic acids is 2. The number of aromatic nitrogens is 3. The molecule has 192 valence electrons. The van der Waals surface area contributed by atoms with Gasteiger partial charge in [-0.15, -0.1) is 0 Å². The molecule has 4 unspecified atom stereocenters. The highest BCUT2D eigenvalue weighted by Crippen LogP contribution is 2.39. The fourth-order valence-corrected chi connectivity index (χ4v) is 7.24. The van der Waals surface area contributed by atoms with Crippen molar-refractivity contribution in [2.45, 2.75) is 63.1 Å². The van der Waals surface area contributed by atoms with Crippen molar-refractivity contribution in [3.8, 4) is 0 Å². The molecule has 2 aromatic heterocycles. The van der Waals surface area contributed by atoms with Crippen LogP contribution in [0.2, 0.25) is 0 Å². The van der Waals surface area contributed by atoms with Crippen LogP contribution in [-0.2, 0) is 22.7 Å². The van der Waals surface area contributed by atoms with Crippen molar-refractivity contribution in [2.75, 3.05) is 18.1 Å². The molecule has 0 saturated carbocycles. The molecule has 10 nitrogen and oxygen atoms in total.